The number of nitrogen functional groups attached to an aromatic ring is 1. The molecule has 1 fully saturated rings. The summed E-state index contributed by atoms with van der Waals surface area (Å²) in [6, 6.07) is 9.68. The first-order valence-corrected chi connectivity index (χ1v) is 7.33. The summed E-state index contributed by atoms with van der Waals surface area (Å²) in [7, 11) is 0. The van der Waals surface area contributed by atoms with Crippen molar-refractivity contribution in [2.24, 2.45) is 0 Å². The fraction of sp³-hybridized carbons (Fsp3) is 0.625. The van der Waals surface area contributed by atoms with Gasteiger partial charge in [-0.2, -0.15) is 0 Å². The lowest BCUT2D eigenvalue weighted by Gasteiger charge is -2.40. The van der Waals surface area contributed by atoms with E-state index in [2.05, 4.69) is 30.9 Å². The minimum atomic E-state index is 0.516. The van der Waals surface area contributed by atoms with Crippen molar-refractivity contribution in [3.8, 4) is 0 Å². The number of hydrogen-bond acceptors (Lipinski definition) is 2. The Bertz CT molecular complexity index is 356. The molecule has 18 heavy (non-hydrogen) atoms. The van der Waals surface area contributed by atoms with E-state index >= 15 is 0 Å². The Balaban J connectivity index is 2.09. The van der Waals surface area contributed by atoms with E-state index in [-0.39, 0.29) is 0 Å². The molecule has 100 valence electrons. The van der Waals surface area contributed by atoms with Crippen LogP contribution >= 0.6 is 0 Å². The third kappa shape index (κ3) is 3.05. The zero-order valence-corrected chi connectivity index (χ0v) is 11.7. The number of anilines is 1. The molecule has 1 heterocycles. The Morgan fingerprint density at radius 3 is 2.67 bits per heavy atom. The summed E-state index contributed by atoms with van der Waals surface area (Å²) in [5, 5.41) is 0. The van der Waals surface area contributed by atoms with E-state index in [9.17, 15) is 0 Å². The molecule has 0 aliphatic carbocycles. The highest BCUT2D eigenvalue weighted by atomic mass is 15.2. The van der Waals surface area contributed by atoms with Crippen LogP contribution < -0.4 is 5.73 Å². The standard InChI is InChI=1S/C16H26N2/c1-3-6-16-7-4-5-12-18(16)13(2)14-8-10-15(17)11-9-14/h8-11,13,16H,3-7,12,17H2,1-2H3. The molecule has 1 aromatic rings. The van der Waals surface area contributed by atoms with Gasteiger partial charge in [0, 0.05) is 17.8 Å². The predicted octanol–water partition coefficient (Wildman–Crippen LogP) is 3.98. The van der Waals surface area contributed by atoms with Crippen molar-refractivity contribution in [3.63, 3.8) is 0 Å². The maximum atomic E-state index is 5.77. The molecule has 2 N–H and O–H groups in total. The monoisotopic (exact) mass is 246 g/mol. The lowest BCUT2D eigenvalue weighted by molar-refractivity contribution is 0.0963. The van der Waals surface area contributed by atoms with Gasteiger partial charge in [-0.15, -0.1) is 0 Å². The molecule has 2 nitrogen and oxygen atoms in total. The van der Waals surface area contributed by atoms with Crippen LogP contribution in [0.4, 0.5) is 5.69 Å². The van der Waals surface area contributed by atoms with Gasteiger partial charge in [-0.05, 0) is 50.4 Å². The summed E-state index contributed by atoms with van der Waals surface area (Å²) in [5.74, 6) is 0. The highest BCUT2D eigenvalue weighted by Crippen LogP contribution is 2.30. The largest absolute Gasteiger partial charge is 0.399 e. The molecule has 2 unspecified atom stereocenters. The van der Waals surface area contributed by atoms with E-state index in [0.29, 0.717) is 6.04 Å². The summed E-state index contributed by atoms with van der Waals surface area (Å²) in [6.07, 6.45) is 6.73. The van der Waals surface area contributed by atoms with E-state index in [4.69, 9.17) is 5.73 Å². The molecule has 1 aliphatic heterocycles. The van der Waals surface area contributed by atoms with Gasteiger partial charge in [0.05, 0.1) is 0 Å². The van der Waals surface area contributed by atoms with Crippen LogP contribution in [0, 0.1) is 0 Å². The zero-order valence-electron chi connectivity index (χ0n) is 11.7. The van der Waals surface area contributed by atoms with Crippen LogP contribution in [0.5, 0.6) is 0 Å². The van der Waals surface area contributed by atoms with Crippen molar-refractivity contribution in [2.75, 3.05) is 12.3 Å². The Kier molecular flexibility index (Phi) is 4.65. The minimum Gasteiger partial charge on any atom is -0.399 e. The maximum absolute atomic E-state index is 5.77. The average molecular weight is 246 g/mol. The van der Waals surface area contributed by atoms with Gasteiger partial charge < -0.3 is 5.73 Å². The number of nitrogens with two attached hydrogens (primary N) is 1. The first-order chi connectivity index (χ1) is 8.72. The minimum absolute atomic E-state index is 0.516. The fourth-order valence-electron chi connectivity index (χ4n) is 3.14. The summed E-state index contributed by atoms with van der Waals surface area (Å²) in [6.45, 7) is 5.87. The molecular weight excluding hydrogens is 220 g/mol. The molecule has 2 heteroatoms. The molecule has 2 atom stereocenters. The smallest absolute Gasteiger partial charge is 0.0322 e. The highest BCUT2D eigenvalue weighted by molar-refractivity contribution is 5.40. The van der Waals surface area contributed by atoms with E-state index in [1.807, 2.05) is 12.1 Å². The van der Waals surface area contributed by atoms with Crippen molar-refractivity contribution in [3.05, 3.63) is 29.8 Å². The Morgan fingerprint density at radius 2 is 2.00 bits per heavy atom. The topological polar surface area (TPSA) is 29.3 Å². The average Bonchev–Trinajstić information content (AvgIpc) is 2.40. The third-order valence-corrected chi connectivity index (χ3v) is 4.21. The van der Waals surface area contributed by atoms with Crippen molar-refractivity contribution < 1.29 is 0 Å². The molecule has 1 aromatic carbocycles. The van der Waals surface area contributed by atoms with E-state index in [1.54, 1.807) is 0 Å². The number of piperidine rings is 1. The lowest BCUT2D eigenvalue weighted by Crippen LogP contribution is -2.41. The van der Waals surface area contributed by atoms with Crippen LogP contribution in [-0.4, -0.2) is 17.5 Å². The lowest BCUT2D eigenvalue weighted by atomic mass is 9.94. The van der Waals surface area contributed by atoms with Gasteiger partial charge in [-0.25, -0.2) is 0 Å². The second kappa shape index (κ2) is 6.24. The number of likely N-dealkylation sites (tertiary alicyclic amines) is 1. The van der Waals surface area contributed by atoms with Gasteiger partial charge in [0.1, 0.15) is 0 Å². The summed E-state index contributed by atoms with van der Waals surface area (Å²) >= 11 is 0. The molecule has 0 aromatic heterocycles. The van der Waals surface area contributed by atoms with Gasteiger partial charge in [0.2, 0.25) is 0 Å². The quantitative estimate of drug-likeness (QED) is 0.814. The maximum Gasteiger partial charge on any atom is 0.0322 e. The van der Waals surface area contributed by atoms with Crippen molar-refractivity contribution in [1.82, 2.24) is 4.90 Å². The van der Waals surface area contributed by atoms with Gasteiger partial charge >= 0.3 is 0 Å². The summed E-state index contributed by atoms with van der Waals surface area (Å²) in [4.78, 5) is 2.69. The van der Waals surface area contributed by atoms with Crippen molar-refractivity contribution >= 4 is 5.69 Å². The van der Waals surface area contributed by atoms with Crippen LogP contribution in [0.25, 0.3) is 0 Å². The summed E-state index contributed by atoms with van der Waals surface area (Å²) in [5.41, 5.74) is 8.02. The van der Waals surface area contributed by atoms with Gasteiger partial charge in [0.25, 0.3) is 0 Å². The molecule has 0 amide bonds. The molecule has 0 spiro atoms. The second-order valence-electron chi connectivity index (χ2n) is 5.52. The summed E-state index contributed by atoms with van der Waals surface area (Å²) < 4.78 is 0. The van der Waals surface area contributed by atoms with Crippen LogP contribution in [0.15, 0.2) is 24.3 Å². The normalized spacial score (nSPS) is 22.9. The van der Waals surface area contributed by atoms with E-state index in [1.165, 1.54) is 44.2 Å². The molecule has 0 radical (unpaired) electrons. The SMILES string of the molecule is CCCC1CCCCN1C(C)c1ccc(N)cc1. The molecule has 2 rings (SSSR count). The van der Waals surface area contributed by atoms with Crippen LogP contribution in [0.3, 0.4) is 0 Å². The number of benzene rings is 1. The molecule has 0 bridgehead atoms. The third-order valence-electron chi connectivity index (χ3n) is 4.21. The first kappa shape index (κ1) is 13.4. The van der Waals surface area contributed by atoms with E-state index in [0.717, 1.165) is 11.7 Å². The van der Waals surface area contributed by atoms with Crippen LogP contribution in [0.1, 0.15) is 57.6 Å². The first-order valence-electron chi connectivity index (χ1n) is 7.33. The Morgan fingerprint density at radius 1 is 1.28 bits per heavy atom. The predicted molar refractivity (Wildman–Crippen MR) is 78.5 cm³/mol. The highest BCUT2D eigenvalue weighted by Gasteiger charge is 2.26. The molecule has 0 saturated carbocycles. The van der Waals surface area contributed by atoms with Gasteiger partial charge in [-0.3, -0.25) is 4.90 Å². The van der Waals surface area contributed by atoms with Crippen molar-refractivity contribution in [2.45, 2.75) is 58.0 Å². The number of hydrogen-bond donors (Lipinski definition) is 1. The zero-order chi connectivity index (χ0) is 13.0. The van der Waals surface area contributed by atoms with Crippen LogP contribution in [0.2, 0.25) is 0 Å². The second-order valence-corrected chi connectivity index (χ2v) is 5.52. The fourth-order valence-corrected chi connectivity index (χ4v) is 3.14. The molecule has 1 aliphatic rings. The number of rotatable bonds is 4. The Hall–Kier alpha value is -1.02. The molecular formula is C16H26N2. The van der Waals surface area contributed by atoms with E-state index < -0.39 is 0 Å². The molecule has 1 saturated heterocycles. The van der Waals surface area contributed by atoms with Gasteiger partial charge in [-0.1, -0.05) is 31.9 Å². The number of nitrogens with zero attached hydrogens (tertiary/aromatic N) is 1. The van der Waals surface area contributed by atoms with Crippen molar-refractivity contribution in [1.29, 1.82) is 0 Å². The van der Waals surface area contributed by atoms with Crippen LogP contribution in [-0.2, 0) is 0 Å². The van der Waals surface area contributed by atoms with Gasteiger partial charge in [0.15, 0.2) is 0 Å². The Labute approximate surface area is 111 Å².